The van der Waals surface area contributed by atoms with Gasteiger partial charge in [0.2, 0.25) is 0 Å². The van der Waals surface area contributed by atoms with E-state index in [-0.39, 0.29) is 0 Å². The van der Waals surface area contributed by atoms with E-state index in [0.717, 1.165) is 12.8 Å². The van der Waals surface area contributed by atoms with E-state index >= 15 is 0 Å². The Morgan fingerprint density at radius 3 is 2.19 bits per heavy atom. The molecule has 0 saturated carbocycles. The lowest BCUT2D eigenvalue weighted by atomic mass is 9.85. The Morgan fingerprint density at radius 2 is 1.81 bits per heavy atom. The van der Waals surface area contributed by atoms with Gasteiger partial charge in [-0.05, 0) is 36.0 Å². The van der Waals surface area contributed by atoms with E-state index in [9.17, 15) is 4.79 Å². The summed E-state index contributed by atoms with van der Waals surface area (Å²) < 4.78 is 0. The van der Waals surface area contributed by atoms with Crippen molar-refractivity contribution in [1.29, 1.82) is 0 Å². The molecule has 1 aromatic rings. The quantitative estimate of drug-likeness (QED) is 0.816. The third-order valence-electron chi connectivity index (χ3n) is 2.99. The molecule has 0 amide bonds. The van der Waals surface area contributed by atoms with Crippen LogP contribution in [0.1, 0.15) is 55.5 Å². The maximum atomic E-state index is 10.7. The van der Waals surface area contributed by atoms with E-state index in [2.05, 4.69) is 20.8 Å². The molecule has 0 saturated heterocycles. The van der Waals surface area contributed by atoms with Crippen molar-refractivity contribution in [3.8, 4) is 0 Å². The molecule has 1 aromatic carbocycles. The summed E-state index contributed by atoms with van der Waals surface area (Å²) >= 11 is 0. The molecule has 1 unspecified atom stereocenters. The van der Waals surface area contributed by atoms with Gasteiger partial charge in [0.25, 0.3) is 0 Å². The summed E-state index contributed by atoms with van der Waals surface area (Å²) in [6, 6.07) is 7.29. The smallest absolute Gasteiger partial charge is 0.335 e. The van der Waals surface area contributed by atoms with E-state index in [4.69, 9.17) is 5.11 Å². The molecule has 0 heterocycles. The first kappa shape index (κ1) is 12.8. The van der Waals surface area contributed by atoms with Gasteiger partial charge in [-0.25, -0.2) is 4.79 Å². The van der Waals surface area contributed by atoms with Crippen molar-refractivity contribution in [2.45, 2.75) is 39.5 Å². The number of carboxylic acid groups (broad SMARTS) is 1. The van der Waals surface area contributed by atoms with Crippen molar-refractivity contribution in [3.63, 3.8) is 0 Å². The van der Waals surface area contributed by atoms with Crippen LogP contribution >= 0.6 is 0 Å². The zero-order valence-electron chi connectivity index (χ0n) is 10.2. The van der Waals surface area contributed by atoms with Gasteiger partial charge in [-0.1, -0.05) is 39.3 Å². The summed E-state index contributed by atoms with van der Waals surface area (Å²) in [5.74, 6) is 0.270. The van der Waals surface area contributed by atoms with Gasteiger partial charge in [-0.3, -0.25) is 0 Å². The number of rotatable bonds is 5. The van der Waals surface area contributed by atoms with Gasteiger partial charge in [0, 0.05) is 0 Å². The largest absolute Gasteiger partial charge is 0.478 e. The molecule has 2 heteroatoms. The Bertz CT molecular complexity index is 338. The lowest BCUT2D eigenvalue weighted by Crippen LogP contribution is -2.07. The van der Waals surface area contributed by atoms with Crippen LogP contribution in [0.4, 0.5) is 0 Å². The second-order valence-electron chi connectivity index (χ2n) is 4.57. The third-order valence-corrected chi connectivity index (χ3v) is 2.99. The molecule has 1 N–H and O–H groups in total. The minimum atomic E-state index is -0.858. The molecule has 16 heavy (non-hydrogen) atoms. The van der Waals surface area contributed by atoms with Gasteiger partial charge >= 0.3 is 5.97 Å². The molecule has 0 radical (unpaired) electrons. The van der Waals surface area contributed by atoms with Crippen LogP contribution in [0.5, 0.6) is 0 Å². The van der Waals surface area contributed by atoms with Gasteiger partial charge < -0.3 is 5.11 Å². The molecular weight excluding hydrogens is 200 g/mol. The fraction of sp³-hybridized carbons (Fsp3) is 0.500. The summed E-state index contributed by atoms with van der Waals surface area (Å²) in [4.78, 5) is 10.7. The highest BCUT2D eigenvalue weighted by Gasteiger charge is 2.15. The van der Waals surface area contributed by atoms with Crippen molar-refractivity contribution >= 4 is 5.97 Å². The fourth-order valence-corrected chi connectivity index (χ4v) is 2.07. The molecule has 1 atom stereocenters. The third kappa shape index (κ3) is 3.09. The maximum Gasteiger partial charge on any atom is 0.335 e. The van der Waals surface area contributed by atoms with Crippen LogP contribution < -0.4 is 0 Å². The summed E-state index contributed by atoms with van der Waals surface area (Å²) in [5, 5.41) is 8.83. The fourth-order valence-electron chi connectivity index (χ4n) is 2.07. The predicted octanol–water partition coefficient (Wildman–Crippen LogP) is 3.92. The summed E-state index contributed by atoms with van der Waals surface area (Å²) in [5.41, 5.74) is 1.62. The molecule has 88 valence electrons. The number of hydrogen-bond donors (Lipinski definition) is 1. The molecule has 0 aliphatic heterocycles. The molecule has 0 spiro atoms. The van der Waals surface area contributed by atoms with Gasteiger partial charge in [0.15, 0.2) is 0 Å². The minimum absolute atomic E-state index is 0.364. The van der Waals surface area contributed by atoms with Gasteiger partial charge in [-0.15, -0.1) is 0 Å². The molecule has 0 aliphatic rings. The number of benzene rings is 1. The number of carboxylic acids is 1. The van der Waals surface area contributed by atoms with Crippen LogP contribution in [0.15, 0.2) is 24.3 Å². The highest BCUT2D eigenvalue weighted by atomic mass is 16.4. The highest BCUT2D eigenvalue weighted by Crippen LogP contribution is 2.29. The van der Waals surface area contributed by atoms with E-state index < -0.39 is 5.97 Å². The first-order chi connectivity index (χ1) is 7.56. The highest BCUT2D eigenvalue weighted by molar-refractivity contribution is 5.87. The first-order valence-electron chi connectivity index (χ1n) is 5.89. The second-order valence-corrected chi connectivity index (χ2v) is 4.57. The predicted molar refractivity (Wildman–Crippen MR) is 65.9 cm³/mol. The van der Waals surface area contributed by atoms with Crippen molar-refractivity contribution in [2.75, 3.05) is 0 Å². The van der Waals surface area contributed by atoms with Crippen LogP contribution in [0.2, 0.25) is 0 Å². The van der Waals surface area contributed by atoms with Crippen molar-refractivity contribution in [2.24, 2.45) is 5.92 Å². The van der Waals surface area contributed by atoms with Crippen LogP contribution in [0, 0.1) is 5.92 Å². The standard InChI is InChI=1S/C14H20O2/c1-4-5-13(10(2)3)11-6-8-12(9-7-11)14(15)16/h6-10,13H,4-5H2,1-3H3,(H,15,16). The van der Waals surface area contributed by atoms with E-state index in [0.29, 0.717) is 17.4 Å². The zero-order chi connectivity index (χ0) is 12.1. The number of carbonyl (C=O) groups is 1. The first-order valence-corrected chi connectivity index (χ1v) is 5.89. The minimum Gasteiger partial charge on any atom is -0.478 e. The maximum absolute atomic E-state index is 10.7. The normalized spacial score (nSPS) is 12.8. The summed E-state index contributed by atoms with van der Waals surface area (Å²) in [7, 11) is 0. The lowest BCUT2D eigenvalue weighted by molar-refractivity contribution is 0.0697. The summed E-state index contributed by atoms with van der Waals surface area (Å²) in [6.45, 7) is 6.61. The summed E-state index contributed by atoms with van der Waals surface area (Å²) in [6.07, 6.45) is 2.31. The van der Waals surface area contributed by atoms with Gasteiger partial charge in [0.05, 0.1) is 5.56 Å². The molecule has 0 bridgehead atoms. The molecular formula is C14H20O2. The van der Waals surface area contributed by atoms with Gasteiger partial charge in [-0.2, -0.15) is 0 Å². The van der Waals surface area contributed by atoms with Crippen LogP contribution in [0.3, 0.4) is 0 Å². The number of aromatic carboxylic acids is 1. The van der Waals surface area contributed by atoms with E-state index in [1.54, 1.807) is 12.1 Å². The van der Waals surface area contributed by atoms with Crippen molar-refractivity contribution in [3.05, 3.63) is 35.4 Å². The zero-order valence-corrected chi connectivity index (χ0v) is 10.2. The Labute approximate surface area is 97.3 Å². The SMILES string of the molecule is CCCC(c1ccc(C(=O)O)cc1)C(C)C. The van der Waals surface area contributed by atoms with Crippen LogP contribution in [0.25, 0.3) is 0 Å². The Kier molecular flexibility index (Phi) is 4.53. The Hall–Kier alpha value is -1.31. The second kappa shape index (κ2) is 5.69. The van der Waals surface area contributed by atoms with Crippen molar-refractivity contribution in [1.82, 2.24) is 0 Å². The average Bonchev–Trinajstić information content (AvgIpc) is 2.25. The average molecular weight is 220 g/mol. The van der Waals surface area contributed by atoms with E-state index in [1.807, 2.05) is 12.1 Å². The molecule has 0 fully saturated rings. The molecule has 0 aliphatic carbocycles. The van der Waals surface area contributed by atoms with Crippen LogP contribution in [-0.4, -0.2) is 11.1 Å². The topological polar surface area (TPSA) is 37.3 Å². The van der Waals surface area contributed by atoms with E-state index in [1.165, 1.54) is 5.56 Å². The Morgan fingerprint density at radius 1 is 1.25 bits per heavy atom. The van der Waals surface area contributed by atoms with Crippen LogP contribution in [-0.2, 0) is 0 Å². The lowest BCUT2D eigenvalue weighted by Gasteiger charge is -2.20. The number of hydrogen-bond acceptors (Lipinski definition) is 1. The van der Waals surface area contributed by atoms with Crippen molar-refractivity contribution < 1.29 is 9.90 Å². The molecule has 1 rings (SSSR count). The molecule has 0 aromatic heterocycles. The monoisotopic (exact) mass is 220 g/mol. The molecule has 2 nitrogen and oxygen atoms in total. The Balaban J connectivity index is 2.89. The van der Waals surface area contributed by atoms with Gasteiger partial charge in [0.1, 0.15) is 0 Å².